The van der Waals surface area contributed by atoms with Gasteiger partial charge in [-0.05, 0) is 42.0 Å². The Morgan fingerprint density at radius 1 is 0.902 bits per heavy atom. The van der Waals surface area contributed by atoms with Crippen LogP contribution in [0.1, 0.15) is 21.2 Å². The number of carbonyl (C=O) groups is 3. The number of benzene rings is 3. The van der Waals surface area contributed by atoms with Gasteiger partial charge in [0, 0.05) is 26.7 Å². The number of anilines is 2. The molecule has 0 aliphatic carbocycles. The van der Waals surface area contributed by atoms with Crippen LogP contribution in [0.3, 0.4) is 0 Å². The predicted molar refractivity (Wildman–Crippen MR) is 164 cm³/mol. The maximum absolute atomic E-state index is 13.9. The van der Waals surface area contributed by atoms with Gasteiger partial charge >= 0.3 is 4.87 Å². The molecule has 10 heteroatoms. The lowest BCUT2D eigenvalue weighted by atomic mass is 9.87. The molecule has 0 radical (unpaired) electrons. The summed E-state index contributed by atoms with van der Waals surface area (Å²) in [7, 11) is 0. The summed E-state index contributed by atoms with van der Waals surface area (Å²) >= 11 is 3.78. The Morgan fingerprint density at radius 2 is 1.68 bits per heavy atom. The Balaban J connectivity index is 1.25. The highest BCUT2D eigenvalue weighted by Crippen LogP contribution is 2.54. The molecule has 1 saturated heterocycles. The highest BCUT2D eigenvalue weighted by Gasteiger charge is 2.57. The van der Waals surface area contributed by atoms with Gasteiger partial charge in [0.2, 0.25) is 17.7 Å². The van der Waals surface area contributed by atoms with E-state index in [2.05, 4.69) is 5.32 Å². The highest BCUT2D eigenvalue weighted by molar-refractivity contribution is 8.00. The Bertz CT molecular complexity index is 1890. The first-order valence-corrected chi connectivity index (χ1v) is 15.6. The molecule has 7 nitrogen and oxygen atoms in total. The molecule has 1 N–H and O–H groups in total. The monoisotopic (exact) mass is 597 g/mol. The van der Waals surface area contributed by atoms with E-state index in [0.29, 0.717) is 16.4 Å². The van der Waals surface area contributed by atoms with Crippen LogP contribution in [0, 0.1) is 12.8 Å². The molecular weight excluding hydrogens is 575 g/mol. The minimum absolute atomic E-state index is 0.195. The number of hydrogen-bond donors (Lipinski definition) is 1. The third kappa shape index (κ3) is 4.34. The van der Waals surface area contributed by atoms with Crippen molar-refractivity contribution in [3.8, 4) is 0 Å². The number of carbonyl (C=O) groups excluding carboxylic acids is 3. The Labute approximate surface area is 247 Å². The van der Waals surface area contributed by atoms with Crippen LogP contribution in [-0.4, -0.2) is 27.5 Å². The van der Waals surface area contributed by atoms with E-state index < -0.39 is 17.1 Å². The number of imide groups is 1. The van der Waals surface area contributed by atoms with Crippen LogP contribution < -0.4 is 15.1 Å². The molecule has 3 amide bonds. The number of thiophene rings is 1. The Hall–Kier alpha value is -3.99. The lowest BCUT2D eigenvalue weighted by Gasteiger charge is -2.29. The first-order chi connectivity index (χ1) is 19.9. The van der Waals surface area contributed by atoms with Crippen molar-refractivity contribution < 1.29 is 14.4 Å². The van der Waals surface area contributed by atoms with E-state index in [9.17, 15) is 19.2 Å². The van der Waals surface area contributed by atoms with E-state index in [1.54, 1.807) is 12.1 Å². The Kier molecular flexibility index (Phi) is 6.41. The van der Waals surface area contributed by atoms with E-state index in [0.717, 1.165) is 37.4 Å². The zero-order valence-corrected chi connectivity index (χ0v) is 24.2. The normalized spacial score (nSPS) is 19.8. The van der Waals surface area contributed by atoms with Crippen molar-refractivity contribution >= 4 is 74.3 Å². The number of nitrogens with one attached hydrogen (secondary N) is 1. The number of amides is 3. The molecule has 0 spiro atoms. The molecule has 7 rings (SSSR count). The molecule has 204 valence electrons. The quantitative estimate of drug-likeness (QED) is 0.256. The summed E-state index contributed by atoms with van der Waals surface area (Å²) in [4.78, 5) is 56.9. The fraction of sp³-hybridized carbons (Fsp3) is 0.161. The van der Waals surface area contributed by atoms with E-state index in [4.69, 9.17) is 0 Å². The topological polar surface area (TPSA) is 88.5 Å². The number of hydrogen-bond acceptors (Lipinski definition) is 7. The number of fused-ring (bicyclic) bond motifs is 3. The molecule has 0 saturated carbocycles. The summed E-state index contributed by atoms with van der Waals surface area (Å²) < 4.78 is 1.45. The molecule has 2 unspecified atom stereocenters. The van der Waals surface area contributed by atoms with Crippen LogP contribution in [0.15, 0.2) is 94.1 Å². The molecule has 3 atom stereocenters. The van der Waals surface area contributed by atoms with Crippen molar-refractivity contribution in [1.29, 1.82) is 0 Å². The third-order valence-electron chi connectivity index (χ3n) is 7.56. The van der Waals surface area contributed by atoms with Gasteiger partial charge in [-0.2, -0.15) is 0 Å². The van der Waals surface area contributed by atoms with Crippen LogP contribution in [-0.2, 0) is 20.9 Å². The zero-order chi connectivity index (χ0) is 28.2. The first kappa shape index (κ1) is 25.9. The predicted octanol–water partition coefficient (Wildman–Crippen LogP) is 5.87. The zero-order valence-electron chi connectivity index (χ0n) is 21.8. The fourth-order valence-electron chi connectivity index (χ4n) is 5.65. The van der Waals surface area contributed by atoms with E-state index >= 15 is 0 Å². The van der Waals surface area contributed by atoms with E-state index in [1.165, 1.54) is 32.6 Å². The van der Waals surface area contributed by atoms with Gasteiger partial charge in [0.25, 0.3) is 0 Å². The maximum atomic E-state index is 13.9. The summed E-state index contributed by atoms with van der Waals surface area (Å²) in [5, 5.41) is 6.68. The lowest BCUT2D eigenvalue weighted by molar-refractivity contribution is -0.122. The number of nitrogens with zero attached hydrogens (tertiary/aromatic N) is 2. The van der Waals surface area contributed by atoms with Crippen molar-refractivity contribution in [2.45, 2.75) is 29.7 Å². The molecule has 2 aliphatic heterocycles. The van der Waals surface area contributed by atoms with Crippen molar-refractivity contribution in [3.63, 3.8) is 0 Å². The number of thioether (sulfide) groups is 1. The molecule has 2 aliphatic rings. The average Bonchev–Trinajstić information content (AvgIpc) is 3.67. The van der Waals surface area contributed by atoms with Crippen molar-refractivity contribution in [3.05, 3.63) is 109 Å². The number of thiazole rings is 1. The van der Waals surface area contributed by atoms with Gasteiger partial charge in [0.05, 0.1) is 16.6 Å². The molecule has 4 heterocycles. The van der Waals surface area contributed by atoms with E-state index in [1.807, 2.05) is 79.0 Å². The van der Waals surface area contributed by atoms with Gasteiger partial charge in [-0.3, -0.25) is 23.7 Å². The van der Waals surface area contributed by atoms with Gasteiger partial charge in [-0.25, -0.2) is 4.90 Å². The minimum Gasteiger partial charge on any atom is -0.324 e. The number of aromatic nitrogens is 1. The summed E-state index contributed by atoms with van der Waals surface area (Å²) in [6, 6.07) is 24.6. The van der Waals surface area contributed by atoms with Crippen LogP contribution in [0.4, 0.5) is 11.4 Å². The smallest absolute Gasteiger partial charge is 0.308 e. The highest BCUT2D eigenvalue weighted by atomic mass is 32.2. The summed E-state index contributed by atoms with van der Waals surface area (Å²) in [6.45, 7) is 1.76. The molecule has 1 fully saturated rings. The van der Waals surface area contributed by atoms with Gasteiger partial charge < -0.3 is 5.32 Å². The summed E-state index contributed by atoms with van der Waals surface area (Å²) in [6.07, 6.45) is 0. The van der Waals surface area contributed by atoms with Gasteiger partial charge in [-0.1, -0.05) is 83.3 Å². The molecule has 3 aromatic carbocycles. The summed E-state index contributed by atoms with van der Waals surface area (Å²) in [5.41, 5.74) is 2.24. The van der Waals surface area contributed by atoms with Crippen molar-refractivity contribution in [2.24, 2.45) is 5.92 Å². The number of rotatable bonds is 5. The molecule has 0 bridgehead atoms. The van der Waals surface area contributed by atoms with Crippen LogP contribution in [0.5, 0.6) is 0 Å². The molecule has 2 aromatic heterocycles. The first-order valence-electron chi connectivity index (χ1n) is 13.1. The minimum atomic E-state index is -0.704. The van der Waals surface area contributed by atoms with E-state index in [-0.39, 0.29) is 29.1 Å². The standard InChI is InChI=1S/C31H23N3O4S3/c1-17-11-13-19(14-12-17)34-28(36)25-24(22-10-5-15-39-22)27-30(40-26(25)29(34)37)33(31(38)41-27)16-23(35)32-21-9-4-7-18-6-2-3-8-20(18)21/h2-15,24-26H,16H2,1H3,(H,32,35)/t24-,25?,26?/m1/s1. The second kappa shape index (κ2) is 10.1. The second-order valence-corrected chi connectivity index (χ2v) is 13.2. The fourth-order valence-corrected chi connectivity index (χ4v) is 9.37. The van der Waals surface area contributed by atoms with Crippen LogP contribution >= 0.6 is 34.4 Å². The van der Waals surface area contributed by atoms with Gasteiger partial charge in [0.1, 0.15) is 11.8 Å². The third-order valence-corrected chi connectivity index (χ3v) is 11.1. The molecule has 41 heavy (non-hydrogen) atoms. The average molecular weight is 598 g/mol. The van der Waals surface area contributed by atoms with Gasteiger partial charge in [0.15, 0.2) is 0 Å². The van der Waals surface area contributed by atoms with Crippen LogP contribution in [0.2, 0.25) is 0 Å². The maximum Gasteiger partial charge on any atom is 0.308 e. The van der Waals surface area contributed by atoms with Crippen molar-refractivity contribution in [2.75, 3.05) is 10.2 Å². The van der Waals surface area contributed by atoms with Crippen LogP contribution in [0.25, 0.3) is 10.8 Å². The Morgan fingerprint density at radius 3 is 2.46 bits per heavy atom. The molecule has 5 aromatic rings. The van der Waals surface area contributed by atoms with Gasteiger partial charge in [-0.15, -0.1) is 11.3 Å². The second-order valence-electron chi connectivity index (χ2n) is 10.1. The van der Waals surface area contributed by atoms with Crippen molar-refractivity contribution in [1.82, 2.24) is 4.57 Å². The molecular formula is C31H23N3O4S3. The SMILES string of the molecule is Cc1ccc(N2C(=O)C3Sc4c(sc(=O)n4CC(=O)Nc4cccc5ccccc45)[C@H](c4cccs4)C3C2=O)cc1. The summed E-state index contributed by atoms with van der Waals surface area (Å²) in [5.74, 6) is -1.98. The largest absolute Gasteiger partial charge is 0.324 e. The lowest BCUT2D eigenvalue weighted by Crippen LogP contribution is -2.32. The number of aryl methyl sites for hydroxylation is 1.